The topological polar surface area (TPSA) is 33.2 Å². The summed E-state index contributed by atoms with van der Waals surface area (Å²) < 4.78 is 0.676. The molecule has 2 rings (SSSR count). The molecule has 22 heavy (non-hydrogen) atoms. The van der Waals surface area contributed by atoms with Crippen molar-refractivity contribution in [2.45, 2.75) is 39.5 Å². The first-order valence-corrected chi connectivity index (χ1v) is 9.03. The maximum atomic E-state index is 12.6. The lowest BCUT2D eigenvalue weighted by Crippen LogP contribution is -2.33. The van der Waals surface area contributed by atoms with Gasteiger partial charge in [0, 0.05) is 18.9 Å². The number of thioether (sulfide) groups is 1. The van der Waals surface area contributed by atoms with Crippen molar-refractivity contribution in [2.24, 2.45) is 5.92 Å². The number of carbonyl (C=O) groups excluding carboxylic acids is 1. The molecule has 1 atom stereocenters. The maximum Gasteiger partial charge on any atom is 0.266 e. The third-order valence-corrected chi connectivity index (χ3v) is 5.22. The van der Waals surface area contributed by atoms with Crippen LogP contribution in [-0.4, -0.2) is 26.7 Å². The molecule has 0 N–H and O–H groups in total. The molecule has 0 saturated carbocycles. The summed E-state index contributed by atoms with van der Waals surface area (Å²) in [5.74, 6) is 0.564. The number of carbonyl (C=O) groups is 1. The van der Waals surface area contributed by atoms with Crippen molar-refractivity contribution >= 4 is 40.3 Å². The summed E-state index contributed by atoms with van der Waals surface area (Å²) in [5, 5.41) is 0. The predicted molar refractivity (Wildman–Crippen MR) is 97.4 cm³/mol. The third-order valence-electron chi connectivity index (χ3n) is 3.84. The summed E-state index contributed by atoms with van der Waals surface area (Å²) in [6.07, 6.45) is 9.99. The zero-order valence-corrected chi connectivity index (χ0v) is 14.8. The number of thiocarbonyl (C=S) groups is 1. The largest absolute Gasteiger partial charge is 0.293 e. The van der Waals surface area contributed by atoms with Gasteiger partial charge >= 0.3 is 0 Å². The van der Waals surface area contributed by atoms with Gasteiger partial charge in [-0.05, 0) is 30.0 Å². The van der Waals surface area contributed by atoms with Crippen LogP contribution in [0.15, 0.2) is 29.4 Å². The molecule has 0 aromatic carbocycles. The predicted octanol–water partition coefficient (Wildman–Crippen LogP) is 4.50. The van der Waals surface area contributed by atoms with Crippen LogP contribution in [0.2, 0.25) is 0 Å². The zero-order valence-electron chi connectivity index (χ0n) is 13.1. The third kappa shape index (κ3) is 4.40. The van der Waals surface area contributed by atoms with Crippen LogP contribution in [0.1, 0.15) is 45.1 Å². The van der Waals surface area contributed by atoms with Crippen LogP contribution in [-0.2, 0) is 4.79 Å². The number of amides is 1. The molecule has 118 valence electrons. The zero-order chi connectivity index (χ0) is 15.9. The Kier molecular flexibility index (Phi) is 6.58. The van der Waals surface area contributed by atoms with E-state index in [9.17, 15) is 4.79 Å². The molecular weight excluding hydrogens is 312 g/mol. The van der Waals surface area contributed by atoms with Gasteiger partial charge in [0.25, 0.3) is 5.91 Å². The Morgan fingerprint density at radius 3 is 2.91 bits per heavy atom. The quantitative estimate of drug-likeness (QED) is 0.543. The second-order valence-electron chi connectivity index (χ2n) is 5.50. The van der Waals surface area contributed by atoms with Gasteiger partial charge in [-0.2, -0.15) is 0 Å². The van der Waals surface area contributed by atoms with Crippen molar-refractivity contribution in [3.05, 3.63) is 35.0 Å². The van der Waals surface area contributed by atoms with E-state index in [1.54, 1.807) is 17.3 Å². The summed E-state index contributed by atoms with van der Waals surface area (Å²) in [6.45, 7) is 5.12. The first kappa shape index (κ1) is 17.2. The number of hydrogen-bond donors (Lipinski definition) is 0. The fourth-order valence-electron chi connectivity index (χ4n) is 2.45. The Morgan fingerprint density at radius 1 is 1.45 bits per heavy atom. The number of rotatable bonds is 7. The van der Waals surface area contributed by atoms with Crippen LogP contribution in [0.3, 0.4) is 0 Å². The van der Waals surface area contributed by atoms with Crippen molar-refractivity contribution in [3.63, 3.8) is 0 Å². The molecular formula is C17H22N2OS2. The summed E-state index contributed by atoms with van der Waals surface area (Å²) in [6, 6.07) is 3.81. The molecule has 3 nitrogen and oxygen atoms in total. The smallest absolute Gasteiger partial charge is 0.266 e. The first-order valence-electron chi connectivity index (χ1n) is 7.81. The van der Waals surface area contributed by atoms with Crippen LogP contribution < -0.4 is 0 Å². The highest BCUT2D eigenvalue weighted by Crippen LogP contribution is 2.33. The fraction of sp³-hybridized carbons (Fsp3) is 0.471. The molecule has 2 heterocycles. The van der Waals surface area contributed by atoms with E-state index < -0.39 is 0 Å². The van der Waals surface area contributed by atoms with Gasteiger partial charge in [0.15, 0.2) is 0 Å². The number of nitrogens with zero attached hydrogens (tertiary/aromatic N) is 2. The number of pyridine rings is 1. The van der Waals surface area contributed by atoms with Gasteiger partial charge in [0.05, 0.1) is 4.91 Å². The van der Waals surface area contributed by atoms with Crippen LogP contribution in [0.4, 0.5) is 0 Å². The molecule has 5 heteroatoms. The molecule has 1 aromatic rings. The van der Waals surface area contributed by atoms with Crippen LogP contribution in [0.25, 0.3) is 6.08 Å². The Balaban J connectivity index is 2.07. The lowest BCUT2D eigenvalue weighted by molar-refractivity contribution is -0.122. The summed E-state index contributed by atoms with van der Waals surface area (Å²) in [5.41, 5.74) is 0.932. The first-order chi connectivity index (χ1) is 10.7. The highest BCUT2D eigenvalue weighted by atomic mass is 32.2. The van der Waals surface area contributed by atoms with Crippen molar-refractivity contribution in [1.82, 2.24) is 9.88 Å². The van der Waals surface area contributed by atoms with Crippen LogP contribution in [0, 0.1) is 5.92 Å². The average molecular weight is 335 g/mol. The standard InChI is InChI=1S/C17H22N2OS2/c1-3-5-7-13(4-2)12-19-16(20)15(22-17(19)21)10-14-8-6-9-18-11-14/h6,8-11,13H,3-5,7,12H2,1-2H3/b15-10-/t13-/m0/s1. The Bertz CT molecular complexity index is 557. The van der Waals surface area contributed by atoms with Crippen molar-refractivity contribution in [1.29, 1.82) is 0 Å². The van der Waals surface area contributed by atoms with Crippen LogP contribution in [0.5, 0.6) is 0 Å². The lowest BCUT2D eigenvalue weighted by Gasteiger charge is -2.21. The summed E-state index contributed by atoms with van der Waals surface area (Å²) in [4.78, 5) is 19.1. The summed E-state index contributed by atoms with van der Waals surface area (Å²) >= 11 is 6.80. The molecule has 1 aliphatic rings. The van der Waals surface area contributed by atoms with Crippen LogP contribution >= 0.6 is 24.0 Å². The molecule has 1 aromatic heterocycles. The van der Waals surface area contributed by atoms with E-state index in [0.29, 0.717) is 15.1 Å². The molecule has 0 aliphatic carbocycles. The van der Waals surface area contributed by atoms with Gasteiger partial charge < -0.3 is 0 Å². The Labute approximate surface area is 142 Å². The van der Waals surface area contributed by atoms with E-state index in [-0.39, 0.29) is 5.91 Å². The molecule has 0 bridgehead atoms. The highest BCUT2D eigenvalue weighted by Gasteiger charge is 2.33. The van der Waals surface area contributed by atoms with Gasteiger partial charge in [0.2, 0.25) is 0 Å². The van der Waals surface area contributed by atoms with E-state index in [0.717, 1.165) is 24.9 Å². The van der Waals surface area contributed by atoms with Gasteiger partial charge in [-0.1, -0.05) is 63.2 Å². The molecule has 1 fully saturated rings. The Hall–Kier alpha value is -1.20. The van der Waals surface area contributed by atoms with E-state index in [1.807, 2.05) is 18.2 Å². The molecule has 1 amide bonds. The van der Waals surface area contributed by atoms with Gasteiger partial charge in [-0.3, -0.25) is 14.7 Å². The molecule has 0 spiro atoms. The SMILES string of the molecule is CCCC[C@H](CC)CN1C(=O)/C(=C/c2cccnc2)SC1=S. The lowest BCUT2D eigenvalue weighted by atomic mass is 9.99. The second kappa shape index (κ2) is 8.44. The summed E-state index contributed by atoms with van der Waals surface area (Å²) in [7, 11) is 0. The normalized spacial score (nSPS) is 18.3. The minimum atomic E-state index is 0.0359. The molecule has 0 radical (unpaired) electrons. The van der Waals surface area contributed by atoms with Crippen molar-refractivity contribution in [2.75, 3.05) is 6.54 Å². The van der Waals surface area contributed by atoms with E-state index in [4.69, 9.17) is 12.2 Å². The minimum absolute atomic E-state index is 0.0359. The Morgan fingerprint density at radius 2 is 2.27 bits per heavy atom. The van der Waals surface area contributed by atoms with E-state index >= 15 is 0 Å². The molecule has 0 unspecified atom stereocenters. The van der Waals surface area contributed by atoms with Gasteiger partial charge in [-0.15, -0.1) is 0 Å². The molecule has 1 aliphatic heterocycles. The second-order valence-corrected chi connectivity index (χ2v) is 7.17. The molecule has 1 saturated heterocycles. The maximum absolute atomic E-state index is 12.6. The minimum Gasteiger partial charge on any atom is -0.293 e. The van der Waals surface area contributed by atoms with Crippen molar-refractivity contribution < 1.29 is 4.79 Å². The van der Waals surface area contributed by atoms with Crippen molar-refractivity contribution in [3.8, 4) is 0 Å². The average Bonchev–Trinajstić information content (AvgIpc) is 2.79. The monoisotopic (exact) mass is 334 g/mol. The highest BCUT2D eigenvalue weighted by molar-refractivity contribution is 8.26. The van der Waals surface area contributed by atoms with E-state index in [2.05, 4.69) is 18.8 Å². The van der Waals surface area contributed by atoms with E-state index in [1.165, 1.54) is 24.6 Å². The number of unbranched alkanes of at least 4 members (excludes halogenated alkanes) is 1. The number of aromatic nitrogens is 1. The van der Waals surface area contributed by atoms with Gasteiger partial charge in [-0.25, -0.2) is 0 Å². The fourth-order valence-corrected chi connectivity index (χ4v) is 3.72. The van der Waals surface area contributed by atoms with Gasteiger partial charge in [0.1, 0.15) is 4.32 Å². The number of hydrogen-bond acceptors (Lipinski definition) is 4.